The Morgan fingerprint density at radius 3 is 3.06 bits per heavy atom. The van der Waals surface area contributed by atoms with Gasteiger partial charge >= 0.3 is 0 Å². The molecule has 0 saturated carbocycles. The summed E-state index contributed by atoms with van der Waals surface area (Å²) in [6, 6.07) is 5.07. The molecule has 0 aliphatic carbocycles. The normalized spacial score (nSPS) is 10.6. The van der Waals surface area contributed by atoms with Crippen LogP contribution in [0.2, 0.25) is 0 Å². The molecule has 0 unspecified atom stereocenters. The molecule has 1 aromatic carbocycles. The van der Waals surface area contributed by atoms with E-state index in [0.717, 1.165) is 10.1 Å². The topological polar surface area (TPSA) is 40.7 Å². The van der Waals surface area contributed by atoms with E-state index in [2.05, 4.69) is 15.3 Å². The van der Waals surface area contributed by atoms with E-state index in [1.165, 1.54) is 17.8 Å². The maximum atomic E-state index is 13.6. The van der Waals surface area contributed by atoms with Crippen LogP contribution < -0.4 is 5.32 Å². The predicted octanol–water partition coefficient (Wildman–Crippen LogP) is 2.42. The molecule has 2 N–H and O–H groups in total. The second-order valence-electron chi connectivity index (χ2n) is 3.24. The van der Waals surface area contributed by atoms with Crippen LogP contribution in [0.5, 0.6) is 0 Å². The summed E-state index contributed by atoms with van der Waals surface area (Å²) in [6.45, 7) is 0.510. The van der Waals surface area contributed by atoms with E-state index in [4.69, 9.17) is 0 Å². The largest absolute Gasteiger partial charge is 0.339 e. The number of aromatic amines is 1. The Hall–Kier alpha value is -1.33. The monoisotopic (exact) mass is 237 g/mol. The number of rotatable bonds is 4. The molecule has 0 radical (unpaired) electrons. The van der Waals surface area contributed by atoms with Crippen molar-refractivity contribution in [2.24, 2.45) is 0 Å². The number of aromatic nitrogens is 2. The second-order valence-corrected chi connectivity index (χ2v) is 4.27. The molecule has 1 aromatic heterocycles. The molecule has 3 nitrogen and oxygen atoms in total. The van der Waals surface area contributed by atoms with Gasteiger partial charge in [0.25, 0.3) is 0 Å². The lowest BCUT2D eigenvalue weighted by Gasteiger charge is -2.08. The van der Waals surface area contributed by atoms with Gasteiger partial charge in [0, 0.05) is 29.4 Å². The van der Waals surface area contributed by atoms with E-state index in [0.29, 0.717) is 12.1 Å². The number of hydrogen-bond donors (Lipinski definition) is 2. The molecule has 0 atom stereocenters. The molecular weight excluding hydrogens is 225 g/mol. The minimum atomic E-state index is -0.189. The summed E-state index contributed by atoms with van der Waals surface area (Å²) >= 11 is 1.43. The van der Waals surface area contributed by atoms with Gasteiger partial charge in [-0.1, -0.05) is 17.8 Å². The van der Waals surface area contributed by atoms with Crippen LogP contribution in [0, 0.1) is 5.82 Å². The standard InChI is InChI=1S/C11H12FN3S/c1-13-7-8-9(12)3-2-4-10(8)16-11-14-5-6-15-11/h2-6,13H,7H2,1H3,(H,14,15). The third-order valence-corrected chi connectivity index (χ3v) is 3.13. The van der Waals surface area contributed by atoms with Crippen LogP contribution >= 0.6 is 11.8 Å². The van der Waals surface area contributed by atoms with Gasteiger partial charge in [-0.15, -0.1) is 0 Å². The Balaban J connectivity index is 2.29. The zero-order chi connectivity index (χ0) is 11.4. The van der Waals surface area contributed by atoms with Crippen LogP contribution in [0.15, 0.2) is 40.6 Å². The molecule has 0 bridgehead atoms. The summed E-state index contributed by atoms with van der Waals surface area (Å²) in [5.41, 5.74) is 0.673. The van der Waals surface area contributed by atoms with Gasteiger partial charge in [0.1, 0.15) is 5.82 Å². The fourth-order valence-corrected chi connectivity index (χ4v) is 2.28. The van der Waals surface area contributed by atoms with Crippen molar-refractivity contribution in [2.45, 2.75) is 16.6 Å². The summed E-state index contributed by atoms with van der Waals surface area (Å²) in [4.78, 5) is 7.97. The van der Waals surface area contributed by atoms with Gasteiger partial charge in [0.15, 0.2) is 5.16 Å². The first kappa shape index (κ1) is 11.2. The molecule has 0 fully saturated rings. The number of H-pyrrole nitrogens is 1. The lowest BCUT2D eigenvalue weighted by Crippen LogP contribution is -2.08. The fourth-order valence-electron chi connectivity index (χ4n) is 1.39. The summed E-state index contributed by atoms with van der Waals surface area (Å²) in [7, 11) is 1.80. The summed E-state index contributed by atoms with van der Waals surface area (Å²) in [5.74, 6) is -0.189. The van der Waals surface area contributed by atoms with E-state index >= 15 is 0 Å². The van der Waals surface area contributed by atoms with Crippen molar-refractivity contribution in [1.82, 2.24) is 15.3 Å². The van der Waals surface area contributed by atoms with Crippen molar-refractivity contribution in [1.29, 1.82) is 0 Å². The highest BCUT2D eigenvalue weighted by molar-refractivity contribution is 7.99. The third kappa shape index (κ3) is 2.43. The highest BCUT2D eigenvalue weighted by Gasteiger charge is 2.09. The van der Waals surface area contributed by atoms with Gasteiger partial charge in [-0.25, -0.2) is 9.37 Å². The van der Waals surface area contributed by atoms with Crippen molar-refractivity contribution in [3.8, 4) is 0 Å². The maximum Gasteiger partial charge on any atom is 0.170 e. The Bertz CT molecular complexity index is 456. The molecular formula is C11H12FN3S. The lowest BCUT2D eigenvalue weighted by atomic mass is 10.2. The SMILES string of the molecule is CNCc1c(F)cccc1Sc1ncc[nH]1. The molecule has 0 saturated heterocycles. The molecule has 2 rings (SSSR count). The van der Waals surface area contributed by atoms with Gasteiger partial charge in [-0.05, 0) is 19.2 Å². The first-order valence-corrected chi connectivity index (χ1v) is 5.72. The molecule has 5 heteroatoms. The van der Waals surface area contributed by atoms with Gasteiger partial charge in [-0.3, -0.25) is 0 Å². The van der Waals surface area contributed by atoms with E-state index in [1.54, 1.807) is 25.5 Å². The number of nitrogens with one attached hydrogen (secondary N) is 2. The predicted molar refractivity (Wildman–Crippen MR) is 61.9 cm³/mol. The number of hydrogen-bond acceptors (Lipinski definition) is 3. The minimum Gasteiger partial charge on any atom is -0.339 e. The highest BCUT2D eigenvalue weighted by atomic mass is 32.2. The Morgan fingerprint density at radius 1 is 1.50 bits per heavy atom. The molecule has 0 aliphatic heterocycles. The van der Waals surface area contributed by atoms with Gasteiger partial charge in [0.05, 0.1) is 0 Å². The third-order valence-electron chi connectivity index (χ3n) is 2.11. The fraction of sp³-hybridized carbons (Fsp3) is 0.182. The molecule has 2 aromatic rings. The molecule has 0 spiro atoms. The van der Waals surface area contributed by atoms with Gasteiger partial charge in [-0.2, -0.15) is 0 Å². The highest BCUT2D eigenvalue weighted by Crippen LogP contribution is 2.29. The van der Waals surface area contributed by atoms with Crippen LogP contribution in [0.1, 0.15) is 5.56 Å². The lowest BCUT2D eigenvalue weighted by molar-refractivity contribution is 0.593. The summed E-state index contributed by atoms with van der Waals surface area (Å²) in [5, 5.41) is 3.73. The molecule has 84 valence electrons. The average Bonchev–Trinajstić information content (AvgIpc) is 2.76. The zero-order valence-corrected chi connectivity index (χ0v) is 9.64. The number of halogens is 1. The number of nitrogens with zero attached hydrogens (tertiary/aromatic N) is 1. The van der Waals surface area contributed by atoms with E-state index in [1.807, 2.05) is 6.07 Å². The van der Waals surface area contributed by atoms with E-state index in [-0.39, 0.29) is 5.82 Å². The quantitative estimate of drug-likeness (QED) is 0.858. The van der Waals surface area contributed by atoms with Crippen molar-refractivity contribution < 1.29 is 4.39 Å². The Kier molecular flexibility index (Phi) is 3.58. The number of imidazole rings is 1. The smallest absolute Gasteiger partial charge is 0.170 e. The Labute approximate surface area is 97.5 Å². The van der Waals surface area contributed by atoms with Crippen LogP contribution in [0.4, 0.5) is 4.39 Å². The van der Waals surface area contributed by atoms with Crippen LogP contribution in [-0.2, 0) is 6.54 Å². The van der Waals surface area contributed by atoms with Gasteiger partial charge in [0.2, 0.25) is 0 Å². The van der Waals surface area contributed by atoms with E-state index < -0.39 is 0 Å². The van der Waals surface area contributed by atoms with Crippen molar-refractivity contribution >= 4 is 11.8 Å². The Morgan fingerprint density at radius 2 is 2.38 bits per heavy atom. The first-order chi connectivity index (χ1) is 7.81. The van der Waals surface area contributed by atoms with Crippen molar-refractivity contribution in [3.05, 3.63) is 42.0 Å². The van der Waals surface area contributed by atoms with Crippen molar-refractivity contribution in [3.63, 3.8) is 0 Å². The molecule has 0 aliphatic rings. The van der Waals surface area contributed by atoms with Crippen LogP contribution in [-0.4, -0.2) is 17.0 Å². The second kappa shape index (κ2) is 5.14. The summed E-state index contributed by atoms with van der Waals surface area (Å²) < 4.78 is 13.6. The number of benzene rings is 1. The van der Waals surface area contributed by atoms with Gasteiger partial charge < -0.3 is 10.3 Å². The van der Waals surface area contributed by atoms with E-state index in [9.17, 15) is 4.39 Å². The molecule has 16 heavy (non-hydrogen) atoms. The maximum absolute atomic E-state index is 13.6. The average molecular weight is 237 g/mol. The van der Waals surface area contributed by atoms with Crippen molar-refractivity contribution in [2.75, 3.05) is 7.05 Å². The first-order valence-electron chi connectivity index (χ1n) is 4.90. The van der Waals surface area contributed by atoms with Crippen LogP contribution in [0.25, 0.3) is 0 Å². The zero-order valence-electron chi connectivity index (χ0n) is 8.83. The minimum absolute atomic E-state index is 0.189. The van der Waals surface area contributed by atoms with Crippen LogP contribution in [0.3, 0.4) is 0 Å². The summed E-state index contributed by atoms with van der Waals surface area (Å²) in [6.07, 6.45) is 3.43. The molecule has 1 heterocycles. The molecule has 0 amide bonds.